The second-order valence-electron chi connectivity index (χ2n) is 6.54. The molecule has 0 saturated heterocycles. The topological polar surface area (TPSA) is 85.6 Å². The summed E-state index contributed by atoms with van der Waals surface area (Å²) in [5.74, 6) is 0.277. The number of nitrogens with zero attached hydrogens (tertiary/aromatic N) is 5. The van der Waals surface area contributed by atoms with Crippen molar-refractivity contribution in [1.29, 1.82) is 0 Å². The van der Waals surface area contributed by atoms with Gasteiger partial charge >= 0.3 is 0 Å². The molecule has 2 aromatic heterocycles. The minimum Gasteiger partial charge on any atom is -0.302 e. The van der Waals surface area contributed by atoms with Crippen LogP contribution >= 0.6 is 34.9 Å². The first-order valence-electron chi connectivity index (χ1n) is 9.67. The Morgan fingerprint density at radius 3 is 2.44 bits per heavy atom. The zero-order valence-electron chi connectivity index (χ0n) is 17.3. The van der Waals surface area contributed by atoms with E-state index in [1.807, 2.05) is 42.0 Å². The molecule has 4 rings (SSSR count). The first-order chi connectivity index (χ1) is 15.6. The number of benzene rings is 2. The van der Waals surface area contributed by atoms with E-state index in [4.69, 9.17) is 0 Å². The van der Waals surface area contributed by atoms with Crippen molar-refractivity contribution in [1.82, 2.24) is 25.0 Å². The van der Waals surface area contributed by atoms with Crippen molar-refractivity contribution < 1.29 is 9.18 Å². The van der Waals surface area contributed by atoms with Gasteiger partial charge in [0.2, 0.25) is 11.0 Å². The van der Waals surface area contributed by atoms with Crippen molar-refractivity contribution >= 4 is 45.9 Å². The molecule has 0 radical (unpaired) electrons. The summed E-state index contributed by atoms with van der Waals surface area (Å²) in [6.45, 7) is 2.59. The van der Waals surface area contributed by atoms with Crippen LogP contribution in [0.2, 0.25) is 0 Å². The lowest BCUT2D eigenvalue weighted by Crippen LogP contribution is -2.14. The molecule has 11 heteroatoms. The SMILES string of the molecule is CCn1c(SCC(=O)Nc2nnc(-c3ccc(SC)cc3)s2)nnc1-c1ccc(F)cc1. The largest absolute Gasteiger partial charge is 0.302 e. The number of thioether (sulfide) groups is 2. The summed E-state index contributed by atoms with van der Waals surface area (Å²) in [6.07, 6.45) is 2.03. The first-order valence-corrected chi connectivity index (χ1v) is 12.7. The molecule has 32 heavy (non-hydrogen) atoms. The summed E-state index contributed by atoms with van der Waals surface area (Å²) in [5.41, 5.74) is 1.73. The molecule has 4 aromatic rings. The highest BCUT2D eigenvalue weighted by atomic mass is 32.2. The van der Waals surface area contributed by atoms with Crippen LogP contribution in [0.25, 0.3) is 22.0 Å². The zero-order valence-corrected chi connectivity index (χ0v) is 19.7. The van der Waals surface area contributed by atoms with Gasteiger partial charge in [0.05, 0.1) is 5.75 Å². The molecule has 0 aliphatic carbocycles. The third-order valence-electron chi connectivity index (χ3n) is 4.48. The first kappa shape index (κ1) is 22.4. The maximum atomic E-state index is 13.2. The zero-order chi connectivity index (χ0) is 22.5. The molecule has 1 N–H and O–H groups in total. The van der Waals surface area contributed by atoms with Gasteiger partial charge in [-0.2, -0.15) is 0 Å². The van der Waals surface area contributed by atoms with Crippen molar-refractivity contribution in [2.75, 3.05) is 17.3 Å². The van der Waals surface area contributed by atoms with Crippen LogP contribution in [0, 0.1) is 5.82 Å². The number of hydrogen-bond donors (Lipinski definition) is 1. The quantitative estimate of drug-likeness (QED) is 0.348. The average molecular weight is 487 g/mol. The number of hydrogen-bond acceptors (Lipinski definition) is 8. The molecule has 0 unspecified atom stereocenters. The molecule has 2 heterocycles. The van der Waals surface area contributed by atoms with Gasteiger partial charge in [-0.05, 0) is 49.6 Å². The predicted molar refractivity (Wildman–Crippen MR) is 128 cm³/mol. The van der Waals surface area contributed by atoms with Gasteiger partial charge in [-0.15, -0.1) is 32.2 Å². The van der Waals surface area contributed by atoms with E-state index < -0.39 is 0 Å². The van der Waals surface area contributed by atoms with Crippen molar-refractivity contribution in [3.05, 3.63) is 54.3 Å². The molecule has 0 spiro atoms. The molecule has 0 saturated carbocycles. The summed E-state index contributed by atoms with van der Waals surface area (Å²) < 4.78 is 15.1. The Kier molecular flexibility index (Phi) is 7.18. The third kappa shape index (κ3) is 5.17. The highest BCUT2D eigenvalue weighted by Crippen LogP contribution is 2.28. The standard InChI is InChI=1S/C21H19FN6OS3/c1-3-28-18(13-4-8-15(22)9-5-13)24-27-21(28)31-12-17(29)23-20-26-25-19(32-20)14-6-10-16(30-2)11-7-14/h4-11H,3,12H2,1-2H3,(H,23,26,29). The predicted octanol–water partition coefficient (Wildman–Crippen LogP) is 5.08. The molecular weight excluding hydrogens is 467 g/mol. The maximum absolute atomic E-state index is 13.2. The van der Waals surface area contributed by atoms with Crippen LogP contribution in [-0.4, -0.2) is 42.9 Å². The Balaban J connectivity index is 1.38. The van der Waals surface area contributed by atoms with Crippen LogP contribution in [-0.2, 0) is 11.3 Å². The number of nitrogens with one attached hydrogen (secondary N) is 1. The maximum Gasteiger partial charge on any atom is 0.236 e. The molecule has 0 fully saturated rings. The molecule has 0 atom stereocenters. The fourth-order valence-corrected chi connectivity index (χ4v) is 4.88. The summed E-state index contributed by atoms with van der Waals surface area (Å²) >= 11 is 4.28. The van der Waals surface area contributed by atoms with Gasteiger partial charge in [0.15, 0.2) is 11.0 Å². The Hall–Kier alpha value is -2.76. The minimum atomic E-state index is -0.306. The highest BCUT2D eigenvalue weighted by molar-refractivity contribution is 7.99. The van der Waals surface area contributed by atoms with Crippen LogP contribution in [0.5, 0.6) is 0 Å². The molecular formula is C21H19FN6OS3. The normalized spacial score (nSPS) is 11.0. The summed E-state index contributed by atoms with van der Waals surface area (Å²) in [4.78, 5) is 13.6. The van der Waals surface area contributed by atoms with Crippen LogP contribution in [0.1, 0.15) is 6.92 Å². The van der Waals surface area contributed by atoms with Gasteiger partial charge in [0.1, 0.15) is 10.8 Å². The number of aromatic nitrogens is 5. The molecule has 0 aliphatic rings. The van der Waals surface area contributed by atoms with E-state index in [0.29, 0.717) is 22.7 Å². The smallest absolute Gasteiger partial charge is 0.236 e. The fraction of sp³-hybridized carbons (Fsp3) is 0.190. The third-order valence-corrected chi connectivity index (χ3v) is 7.07. The lowest BCUT2D eigenvalue weighted by Gasteiger charge is -2.07. The van der Waals surface area contributed by atoms with E-state index in [-0.39, 0.29) is 17.5 Å². The number of rotatable bonds is 8. The van der Waals surface area contributed by atoms with Gasteiger partial charge in [0, 0.05) is 22.6 Å². The van der Waals surface area contributed by atoms with Gasteiger partial charge in [-0.25, -0.2) is 4.39 Å². The van der Waals surface area contributed by atoms with Crippen LogP contribution in [0.3, 0.4) is 0 Å². The molecule has 164 valence electrons. The van der Waals surface area contributed by atoms with Crippen molar-refractivity contribution in [2.24, 2.45) is 0 Å². The van der Waals surface area contributed by atoms with E-state index in [1.54, 1.807) is 23.9 Å². The molecule has 1 amide bonds. The average Bonchev–Trinajstić information content (AvgIpc) is 3.45. The Bertz CT molecular complexity index is 1210. The van der Waals surface area contributed by atoms with Crippen molar-refractivity contribution in [2.45, 2.75) is 23.5 Å². The Morgan fingerprint density at radius 2 is 1.75 bits per heavy atom. The van der Waals surface area contributed by atoms with Crippen molar-refractivity contribution in [3.63, 3.8) is 0 Å². The van der Waals surface area contributed by atoms with Crippen LogP contribution in [0.4, 0.5) is 9.52 Å². The van der Waals surface area contributed by atoms with E-state index in [1.165, 1.54) is 40.1 Å². The number of carbonyl (C=O) groups is 1. The van der Waals surface area contributed by atoms with Gasteiger partial charge in [0.25, 0.3) is 0 Å². The lowest BCUT2D eigenvalue weighted by molar-refractivity contribution is -0.113. The highest BCUT2D eigenvalue weighted by Gasteiger charge is 2.16. The second-order valence-corrected chi connectivity index (χ2v) is 9.33. The summed E-state index contributed by atoms with van der Waals surface area (Å²) in [5, 5.41) is 21.3. The Labute approximate surface area is 196 Å². The van der Waals surface area contributed by atoms with E-state index in [0.717, 1.165) is 16.1 Å². The molecule has 7 nitrogen and oxygen atoms in total. The monoisotopic (exact) mass is 486 g/mol. The molecule has 2 aromatic carbocycles. The summed E-state index contributed by atoms with van der Waals surface area (Å²) in [6, 6.07) is 14.1. The number of carbonyl (C=O) groups excluding carboxylic acids is 1. The van der Waals surface area contributed by atoms with Gasteiger partial charge < -0.3 is 4.57 Å². The molecule has 0 aliphatic heterocycles. The number of anilines is 1. The second kappa shape index (κ2) is 10.2. The molecule has 0 bridgehead atoms. The number of amides is 1. The number of halogens is 1. The van der Waals surface area contributed by atoms with Gasteiger partial charge in [-0.3, -0.25) is 10.1 Å². The van der Waals surface area contributed by atoms with Crippen LogP contribution < -0.4 is 5.32 Å². The van der Waals surface area contributed by atoms with Gasteiger partial charge in [-0.1, -0.05) is 35.2 Å². The fourth-order valence-electron chi connectivity index (χ4n) is 2.90. The van der Waals surface area contributed by atoms with Crippen molar-refractivity contribution in [3.8, 4) is 22.0 Å². The Morgan fingerprint density at radius 1 is 1.03 bits per heavy atom. The van der Waals surface area contributed by atoms with E-state index in [9.17, 15) is 9.18 Å². The van der Waals surface area contributed by atoms with Crippen LogP contribution in [0.15, 0.2) is 58.6 Å². The summed E-state index contributed by atoms with van der Waals surface area (Å²) in [7, 11) is 0. The van der Waals surface area contributed by atoms with E-state index >= 15 is 0 Å². The minimum absolute atomic E-state index is 0.152. The van der Waals surface area contributed by atoms with E-state index in [2.05, 4.69) is 25.7 Å². The lowest BCUT2D eigenvalue weighted by atomic mass is 10.2.